The fourth-order valence-electron chi connectivity index (χ4n) is 2.73. The Morgan fingerprint density at radius 1 is 1.35 bits per heavy atom. The van der Waals surface area contributed by atoms with Gasteiger partial charge in [0.2, 0.25) is 5.91 Å². The minimum atomic E-state index is -0.551. The third-order valence-electron chi connectivity index (χ3n) is 3.94. The van der Waals surface area contributed by atoms with Crippen LogP contribution in [-0.2, 0) is 17.9 Å². The first-order valence-corrected chi connectivity index (χ1v) is 8.58. The lowest BCUT2D eigenvalue weighted by Crippen LogP contribution is -2.46. The third kappa shape index (κ3) is 4.11. The molecule has 7 nitrogen and oxygen atoms in total. The number of rotatable bonds is 5. The molecule has 0 saturated carbocycles. The van der Waals surface area contributed by atoms with Crippen LogP contribution in [0.25, 0.3) is 0 Å². The van der Waals surface area contributed by atoms with Crippen molar-refractivity contribution >= 4 is 27.7 Å². The monoisotopic (exact) mass is 385 g/mol. The number of hydrogen-bond acceptors (Lipinski definition) is 4. The van der Waals surface area contributed by atoms with Crippen molar-refractivity contribution in [2.45, 2.75) is 39.4 Å². The SMILES string of the molecule is CNC(=O)[C@H](CC(C)C)NC(=O)c1nc(Br)n2c1CN(C)CC2. The molecule has 0 fully saturated rings. The quantitative estimate of drug-likeness (QED) is 0.791. The van der Waals surface area contributed by atoms with E-state index < -0.39 is 6.04 Å². The molecule has 0 saturated heterocycles. The summed E-state index contributed by atoms with van der Waals surface area (Å²) in [6.07, 6.45) is 0.586. The van der Waals surface area contributed by atoms with E-state index in [0.29, 0.717) is 29.3 Å². The van der Waals surface area contributed by atoms with E-state index in [1.807, 2.05) is 25.5 Å². The highest BCUT2D eigenvalue weighted by Gasteiger charge is 2.28. The molecular formula is C15H24BrN5O2. The Morgan fingerprint density at radius 2 is 2.04 bits per heavy atom. The second-order valence-electron chi connectivity index (χ2n) is 6.34. The van der Waals surface area contributed by atoms with E-state index in [-0.39, 0.29) is 11.8 Å². The number of aromatic nitrogens is 2. The fraction of sp³-hybridized carbons (Fsp3) is 0.667. The molecule has 1 aliphatic heterocycles. The minimum absolute atomic E-state index is 0.184. The fourth-order valence-corrected chi connectivity index (χ4v) is 3.30. The van der Waals surface area contributed by atoms with Gasteiger partial charge in [-0.15, -0.1) is 0 Å². The summed E-state index contributed by atoms with van der Waals surface area (Å²) in [7, 11) is 3.59. The molecule has 2 rings (SSSR count). The summed E-state index contributed by atoms with van der Waals surface area (Å²) in [6.45, 7) is 6.41. The predicted octanol–water partition coefficient (Wildman–Crippen LogP) is 0.981. The molecule has 1 atom stereocenters. The van der Waals surface area contributed by atoms with Crippen LogP contribution in [0.5, 0.6) is 0 Å². The van der Waals surface area contributed by atoms with Gasteiger partial charge in [-0.3, -0.25) is 14.5 Å². The molecule has 23 heavy (non-hydrogen) atoms. The molecule has 0 bridgehead atoms. The molecule has 0 unspecified atom stereocenters. The van der Waals surface area contributed by atoms with Crippen molar-refractivity contribution in [3.8, 4) is 0 Å². The number of hydrogen-bond donors (Lipinski definition) is 2. The van der Waals surface area contributed by atoms with Gasteiger partial charge in [0.1, 0.15) is 6.04 Å². The highest BCUT2D eigenvalue weighted by molar-refractivity contribution is 9.10. The summed E-state index contributed by atoms with van der Waals surface area (Å²) >= 11 is 3.41. The van der Waals surface area contributed by atoms with Gasteiger partial charge in [0.25, 0.3) is 5.91 Å². The van der Waals surface area contributed by atoms with Crippen molar-refractivity contribution in [1.29, 1.82) is 0 Å². The highest BCUT2D eigenvalue weighted by Crippen LogP contribution is 2.22. The maximum absolute atomic E-state index is 12.6. The standard InChI is InChI=1S/C15H24BrN5O2/c1-9(2)7-10(13(22)17-3)18-14(23)12-11-8-20(4)5-6-21(11)15(16)19-12/h9-10H,5-8H2,1-4H3,(H,17,22)(H,18,23)/t10-/m0/s1. The van der Waals surface area contributed by atoms with Gasteiger partial charge < -0.3 is 15.2 Å². The minimum Gasteiger partial charge on any atom is -0.357 e. The van der Waals surface area contributed by atoms with Gasteiger partial charge in [-0.05, 0) is 35.3 Å². The first-order chi connectivity index (χ1) is 10.8. The molecule has 0 spiro atoms. The number of likely N-dealkylation sites (N-methyl/N-ethyl adjacent to an activating group) is 2. The third-order valence-corrected chi connectivity index (χ3v) is 4.55. The zero-order chi connectivity index (χ0) is 17.1. The predicted molar refractivity (Wildman–Crippen MR) is 91.0 cm³/mol. The van der Waals surface area contributed by atoms with Crippen molar-refractivity contribution in [2.24, 2.45) is 5.92 Å². The first-order valence-electron chi connectivity index (χ1n) is 7.79. The Labute approximate surface area is 144 Å². The van der Waals surface area contributed by atoms with E-state index in [4.69, 9.17) is 0 Å². The summed E-state index contributed by atoms with van der Waals surface area (Å²) < 4.78 is 2.66. The summed E-state index contributed by atoms with van der Waals surface area (Å²) in [5.41, 5.74) is 1.27. The highest BCUT2D eigenvalue weighted by atomic mass is 79.9. The zero-order valence-electron chi connectivity index (χ0n) is 14.0. The first kappa shape index (κ1) is 17.9. The van der Waals surface area contributed by atoms with Gasteiger partial charge in [-0.2, -0.15) is 0 Å². The molecule has 8 heteroatoms. The topological polar surface area (TPSA) is 79.3 Å². The molecule has 1 aromatic rings. The lowest BCUT2D eigenvalue weighted by Gasteiger charge is -2.25. The average molecular weight is 386 g/mol. The summed E-state index contributed by atoms with van der Waals surface area (Å²) in [5.74, 6) is -0.188. The summed E-state index contributed by atoms with van der Waals surface area (Å²) in [4.78, 5) is 31.1. The Bertz CT molecular complexity index is 599. The zero-order valence-corrected chi connectivity index (χ0v) is 15.6. The number of carbonyl (C=O) groups is 2. The number of halogens is 1. The number of imidazole rings is 1. The van der Waals surface area contributed by atoms with Crippen LogP contribution in [0.4, 0.5) is 0 Å². The Kier molecular flexibility index (Phi) is 5.80. The molecule has 2 N–H and O–H groups in total. The van der Waals surface area contributed by atoms with Crippen molar-refractivity contribution in [3.05, 3.63) is 16.1 Å². The van der Waals surface area contributed by atoms with Crippen LogP contribution in [0.3, 0.4) is 0 Å². The number of carbonyl (C=O) groups excluding carboxylic acids is 2. The van der Waals surface area contributed by atoms with Gasteiger partial charge >= 0.3 is 0 Å². The van der Waals surface area contributed by atoms with Crippen LogP contribution in [0, 0.1) is 5.92 Å². The van der Waals surface area contributed by atoms with Gasteiger partial charge in [0.15, 0.2) is 10.4 Å². The Hall–Kier alpha value is -1.41. The van der Waals surface area contributed by atoms with Gasteiger partial charge in [0, 0.05) is 26.7 Å². The van der Waals surface area contributed by atoms with Crippen LogP contribution in [0.15, 0.2) is 4.73 Å². The lowest BCUT2D eigenvalue weighted by molar-refractivity contribution is -0.122. The van der Waals surface area contributed by atoms with Crippen LogP contribution < -0.4 is 10.6 Å². The second kappa shape index (κ2) is 7.44. The molecule has 2 heterocycles. The van der Waals surface area contributed by atoms with E-state index in [0.717, 1.165) is 18.8 Å². The molecule has 1 aromatic heterocycles. The molecule has 0 aromatic carbocycles. The molecule has 128 valence electrons. The Balaban J connectivity index is 2.21. The van der Waals surface area contributed by atoms with E-state index in [1.54, 1.807) is 7.05 Å². The summed E-state index contributed by atoms with van der Waals surface area (Å²) in [6, 6.07) is -0.551. The van der Waals surface area contributed by atoms with Crippen molar-refractivity contribution in [2.75, 3.05) is 20.6 Å². The molecule has 1 aliphatic rings. The average Bonchev–Trinajstić information content (AvgIpc) is 2.81. The smallest absolute Gasteiger partial charge is 0.272 e. The van der Waals surface area contributed by atoms with E-state index in [1.165, 1.54) is 0 Å². The van der Waals surface area contributed by atoms with Crippen LogP contribution in [0.1, 0.15) is 36.5 Å². The van der Waals surface area contributed by atoms with Gasteiger partial charge in [-0.25, -0.2) is 4.98 Å². The molecule has 0 radical (unpaired) electrons. The number of nitrogens with one attached hydrogen (secondary N) is 2. The summed E-state index contributed by atoms with van der Waals surface area (Å²) in [5, 5.41) is 5.43. The normalized spacial score (nSPS) is 16.1. The molecular weight excluding hydrogens is 362 g/mol. The van der Waals surface area contributed by atoms with Gasteiger partial charge in [-0.1, -0.05) is 13.8 Å². The van der Waals surface area contributed by atoms with Crippen LogP contribution in [-0.4, -0.2) is 52.9 Å². The maximum Gasteiger partial charge on any atom is 0.272 e. The maximum atomic E-state index is 12.6. The van der Waals surface area contributed by atoms with Crippen molar-refractivity contribution in [1.82, 2.24) is 25.1 Å². The van der Waals surface area contributed by atoms with E-state index >= 15 is 0 Å². The van der Waals surface area contributed by atoms with Crippen LogP contribution >= 0.6 is 15.9 Å². The second-order valence-corrected chi connectivity index (χ2v) is 7.04. The number of fused-ring (bicyclic) bond motifs is 1. The molecule has 0 aliphatic carbocycles. The largest absolute Gasteiger partial charge is 0.357 e. The lowest BCUT2D eigenvalue weighted by atomic mass is 10.0. The van der Waals surface area contributed by atoms with E-state index in [9.17, 15) is 9.59 Å². The number of nitrogens with zero attached hydrogens (tertiary/aromatic N) is 3. The van der Waals surface area contributed by atoms with Crippen molar-refractivity contribution < 1.29 is 9.59 Å². The van der Waals surface area contributed by atoms with Gasteiger partial charge in [0.05, 0.1) is 5.69 Å². The number of amides is 2. The van der Waals surface area contributed by atoms with Crippen LogP contribution in [0.2, 0.25) is 0 Å². The van der Waals surface area contributed by atoms with E-state index in [2.05, 4.69) is 36.4 Å². The Morgan fingerprint density at radius 3 is 2.65 bits per heavy atom. The molecule has 2 amide bonds. The van der Waals surface area contributed by atoms with Crippen molar-refractivity contribution in [3.63, 3.8) is 0 Å².